The van der Waals surface area contributed by atoms with Crippen molar-refractivity contribution in [1.29, 1.82) is 0 Å². The maximum atomic E-state index is 11.7. The number of carbonyl (C=O) groups excluding carboxylic acids is 1. The highest BCUT2D eigenvalue weighted by molar-refractivity contribution is 5.70. The zero-order valence-corrected chi connectivity index (χ0v) is 18.9. The number of hydrogen-bond donors (Lipinski definition) is 0. The molecule has 2 fully saturated rings. The summed E-state index contributed by atoms with van der Waals surface area (Å²) in [6.07, 6.45) is 3.27. The van der Waals surface area contributed by atoms with E-state index in [2.05, 4.69) is 14.8 Å². The highest BCUT2D eigenvalue weighted by atomic mass is 16.5. The van der Waals surface area contributed by atoms with E-state index in [1.165, 1.54) is 0 Å². The highest BCUT2D eigenvalue weighted by Gasteiger charge is 2.26. The Labute approximate surface area is 189 Å². The van der Waals surface area contributed by atoms with Gasteiger partial charge < -0.3 is 24.0 Å². The minimum absolute atomic E-state index is 0.111. The summed E-state index contributed by atoms with van der Waals surface area (Å²) >= 11 is 0. The van der Waals surface area contributed by atoms with Gasteiger partial charge in [0.15, 0.2) is 0 Å². The lowest BCUT2D eigenvalue weighted by Crippen LogP contribution is -2.37. The van der Waals surface area contributed by atoms with Crippen LogP contribution in [0.4, 0.5) is 11.8 Å². The molecule has 0 amide bonds. The largest absolute Gasteiger partial charge is 0.489 e. The maximum absolute atomic E-state index is 11.7. The first kappa shape index (κ1) is 22.3. The van der Waals surface area contributed by atoms with E-state index in [4.69, 9.17) is 19.2 Å². The third-order valence-corrected chi connectivity index (χ3v) is 5.92. The SMILES string of the molecule is CCOC(=O)C[C@@H](C)c1ccc(OC2CCN(c3ccnc(N4CCOCC4)n3)C2)cc1. The monoisotopic (exact) mass is 440 g/mol. The predicted octanol–water partition coefficient (Wildman–Crippen LogP) is 3.03. The van der Waals surface area contributed by atoms with E-state index < -0.39 is 0 Å². The molecule has 2 aliphatic rings. The molecule has 0 aliphatic carbocycles. The zero-order chi connectivity index (χ0) is 22.3. The Bertz CT molecular complexity index is 886. The molecule has 4 rings (SSSR count). The van der Waals surface area contributed by atoms with E-state index in [1.54, 1.807) is 0 Å². The van der Waals surface area contributed by atoms with E-state index in [1.807, 2.05) is 50.4 Å². The van der Waals surface area contributed by atoms with Crippen molar-refractivity contribution in [1.82, 2.24) is 9.97 Å². The molecule has 0 spiro atoms. The van der Waals surface area contributed by atoms with E-state index in [0.717, 1.165) is 55.7 Å². The minimum Gasteiger partial charge on any atom is -0.489 e. The van der Waals surface area contributed by atoms with Crippen molar-refractivity contribution in [3.63, 3.8) is 0 Å². The number of hydrogen-bond acceptors (Lipinski definition) is 8. The highest BCUT2D eigenvalue weighted by Crippen LogP contribution is 2.26. The van der Waals surface area contributed by atoms with Crippen LogP contribution in [0, 0.1) is 0 Å². The van der Waals surface area contributed by atoms with Gasteiger partial charge in [0.1, 0.15) is 17.7 Å². The molecule has 3 heterocycles. The second-order valence-corrected chi connectivity index (χ2v) is 8.27. The Morgan fingerprint density at radius 3 is 2.69 bits per heavy atom. The van der Waals surface area contributed by atoms with Crippen molar-refractivity contribution in [3.05, 3.63) is 42.1 Å². The second-order valence-electron chi connectivity index (χ2n) is 8.27. The number of aromatic nitrogens is 2. The number of ether oxygens (including phenoxy) is 3. The molecule has 2 aromatic rings. The molecule has 2 saturated heterocycles. The molecule has 0 bridgehead atoms. The van der Waals surface area contributed by atoms with Gasteiger partial charge in [0.25, 0.3) is 0 Å². The van der Waals surface area contributed by atoms with Gasteiger partial charge in [-0.2, -0.15) is 4.98 Å². The van der Waals surface area contributed by atoms with Gasteiger partial charge in [0, 0.05) is 32.3 Å². The fourth-order valence-electron chi connectivity index (χ4n) is 4.12. The summed E-state index contributed by atoms with van der Waals surface area (Å²) in [5.74, 6) is 2.51. The minimum atomic E-state index is -0.159. The van der Waals surface area contributed by atoms with Crippen LogP contribution in [0.1, 0.15) is 38.2 Å². The number of benzene rings is 1. The number of morpholine rings is 1. The van der Waals surface area contributed by atoms with Crippen LogP contribution in [0.3, 0.4) is 0 Å². The number of anilines is 2. The van der Waals surface area contributed by atoms with Crippen LogP contribution in [0.5, 0.6) is 5.75 Å². The molecule has 172 valence electrons. The number of rotatable bonds is 8. The van der Waals surface area contributed by atoms with Crippen LogP contribution in [0.2, 0.25) is 0 Å². The molecule has 0 saturated carbocycles. The van der Waals surface area contributed by atoms with Crippen molar-refractivity contribution in [2.75, 3.05) is 55.8 Å². The molecule has 0 N–H and O–H groups in total. The summed E-state index contributed by atoms with van der Waals surface area (Å²) in [7, 11) is 0. The summed E-state index contributed by atoms with van der Waals surface area (Å²) in [4.78, 5) is 25.4. The molecule has 1 unspecified atom stereocenters. The van der Waals surface area contributed by atoms with E-state index in [-0.39, 0.29) is 18.0 Å². The van der Waals surface area contributed by atoms with Gasteiger partial charge in [-0.1, -0.05) is 19.1 Å². The molecule has 1 aromatic carbocycles. The standard InChI is InChI=1S/C24H32N4O4/c1-3-31-23(29)16-18(2)19-4-6-20(7-5-19)32-21-9-11-28(17-21)22-8-10-25-24(26-22)27-12-14-30-15-13-27/h4-8,10,18,21H,3,9,11-17H2,1-2H3/t18-,21?/m1/s1. The zero-order valence-electron chi connectivity index (χ0n) is 18.9. The third kappa shape index (κ3) is 5.68. The predicted molar refractivity (Wildman–Crippen MR) is 122 cm³/mol. The van der Waals surface area contributed by atoms with Gasteiger partial charge in [-0.05, 0) is 36.6 Å². The lowest BCUT2D eigenvalue weighted by atomic mass is 9.98. The summed E-state index contributed by atoms with van der Waals surface area (Å²) < 4.78 is 16.7. The molecule has 1 aromatic heterocycles. The van der Waals surface area contributed by atoms with Gasteiger partial charge in [-0.25, -0.2) is 4.98 Å². The van der Waals surface area contributed by atoms with Gasteiger partial charge in [-0.15, -0.1) is 0 Å². The van der Waals surface area contributed by atoms with Crippen LogP contribution < -0.4 is 14.5 Å². The van der Waals surface area contributed by atoms with Crippen molar-refractivity contribution in [2.45, 2.75) is 38.7 Å². The van der Waals surface area contributed by atoms with E-state index in [0.29, 0.717) is 26.2 Å². The van der Waals surface area contributed by atoms with Crippen molar-refractivity contribution in [2.24, 2.45) is 0 Å². The summed E-state index contributed by atoms with van der Waals surface area (Å²) in [5, 5.41) is 0. The van der Waals surface area contributed by atoms with Crippen LogP contribution in [0.25, 0.3) is 0 Å². The van der Waals surface area contributed by atoms with Crippen LogP contribution in [0.15, 0.2) is 36.5 Å². The average molecular weight is 441 g/mol. The first-order valence-electron chi connectivity index (χ1n) is 11.5. The first-order valence-corrected chi connectivity index (χ1v) is 11.5. The first-order chi connectivity index (χ1) is 15.6. The van der Waals surface area contributed by atoms with Gasteiger partial charge in [-0.3, -0.25) is 4.79 Å². The molecule has 32 heavy (non-hydrogen) atoms. The van der Waals surface area contributed by atoms with Crippen LogP contribution >= 0.6 is 0 Å². The summed E-state index contributed by atoms with van der Waals surface area (Å²) in [5.41, 5.74) is 1.11. The fraction of sp³-hybridized carbons (Fsp3) is 0.542. The molecular weight excluding hydrogens is 408 g/mol. The van der Waals surface area contributed by atoms with Gasteiger partial charge >= 0.3 is 5.97 Å². The second kappa shape index (κ2) is 10.6. The Morgan fingerprint density at radius 1 is 1.16 bits per heavy atom. The number of carbonyl (C=O) groups is 1. The summed E-state index contributed by atoms with van der Waals surface area (Å²) in [6, 6.07) is 10.0. The van der Waals surface area contributed by atoms with Gasteiger partial charge in [0.05, 0.1) is 32.8 Å². The number of nitrogens with zero attached hydrogens (tertiary/aromatic N) is 4. The molecular formula is C24H32N4O4. The normalized spacial score (nSPS) is 19.6. The average Bonchev–Trinajstić information content (AvgIpc) is 3.29. The smallest absolute Gasteiger partial charge is 0.306 e. The maximum Gasteiger partial charge on any atom is 0.306 e. The van der Waals surface area contributed by atoms with Crippen molar-refractivity contribution in [3.8, 4) is 5.75 Å². The molecule has 8 nitrogen and oxygen atoms in total. The number of esters is 1. The summed E-state index contributed by atoms with van der Waals surface area (Å²) in [6.45, 7) is 9.05. The van der Waals surface area contributed by atoms with Gasteiger partial charge in [0.2, 0.25) is 5.95 Å². The van der Waals surface area contributed by atoms with Crippen molar-refractivity contribution >= 4 is 17.7 Å². The van der Waals surface area contributed by atoms with Crippen LogP contribution in [-0.4, -0.2) is 68.0 Å². The molecule has 2 aliphatic heterocycles. The molecule has 0 radical (unpaired) electrons. The molecule has 8 heteroatoms. The molecule has 2 atom stereocenters. The quantitative estimate of drug-likeness (QED) is 0.580. The van der Waals surface area contributed by atoms with Crippen molar-refractivity contribution < 1.29 is 19.0 Å². The van der Waals surface area contributed by atoms with E-state index >= 15 is 0 Å². The van der Waals surface area contributed by atoms with Crippen LogP contribution in [-0.2, 0) is 14.3 Å². The Kier molecular flexibility index (Phi) is 7.42. The Morgan fingerprint density at radius 2 is 1.94 bits per heavy atom. The lowest BCUT2D eigenvalue weighted by Gasteiger charge is -2.27. The Balaban J connectivity index is 1.31. The topological polar surface area (TPSA) is 77.0 Å². The lowest BCUT2D eigenvalue weighted by molar-refractivity contribution is -0.143. The fourth-order valence-corrected chi connectivity index (χ4v) is 4.12. The van der Waals surface area contributed by atoms with E-state index in [9.17, 15) is 4.79 Å². The Hall–Kier alpha value is -2.87. The third-order valence-electron chi connectivity index (χ3n) is 5.92.